The highest BCUT2D eigenvalue weighted by Gasteiger charge is 2.31. The van der Waals surface area contributed by atoms with E-state index in [-0.39, 0.29) is 48.1 Å². The fourth-order valence-electron chi connectivity index (χ4n) is 5.24. The Balaban J connectivity index is 1.60. The van der Waals surface area contributed by atoms with E-state index in [1.54, 1.807) is 29.9 Å². The van der Waals surface area contributed by atoms with Crippen molar-refractivity contribution in [1.29, 1.82) is 0 Å². The first kappa shape index (κ1) is 37.1. The van der Waals surface area contributed by atoms with Gasteiger partial charge in [-0.3, -0.25) is 28.7 Å². The van der Waals surface area contributed by atoms with Gasteiger partial charge in [-0.15, -0.1) is 5.10 Å². The summed E-state index contributed by atoms with van der Waals surface area (Å²) in [5.74, 6) is -2.10. The van der Waals surface area contributed by atoms with Crippen LogP contribution in [0.4, 0.5) is 0 Å². The summed E-state index contributed by atoms with van der Waals surface area (Å²) in [4.78, 5) is 70.1. The van der Waals surface area contributed by atoms with Gasteiger partial charge in [0.1, 0.15) is 23.4 Å². The third kappa shape index (κ3) is 10.4. The molecule has 15 nitrogen and oxygen atoms in total. The van der Waals surface area contributed by atoms with E-state index in [4.69, 9.17) is 16.3 Å². The van der Waals surface area contributed by atoms with Crippen molar-refractivity contribution >= 4 is 35.2 Å². The third-order valence-electron chi connectivity index (χ3n) is 7.85. The van der Waals surface area contributed by atoms with Gasteiger partial charge in [0.25, 0.3) is 17.4 Å². The lowest BCUT2D eigenvalue weighted by molar-refractivity contribution is -0.131. The molecule has 1 aromatic carbocycles. The van der Waals surface area contributed by atoms with E-state index >= 15 is 0 Å². The van der Waals surface area contributed by atoms with Crippen molar-refractivity contribution in [3.63, 3.8) is 0 Å². The molecule has 2 aliphatic rings. The fourth-order valence-corrected chi connectivity index (χ4v) is 5.47. The summed E-state index contributed by atoms with van der Waals surface area (Å²) in [5, 5.41) is 27.0. The molecule has 4 amide bonds. The van der Waals surface area contributed by atoms with Crippen LogP contribution >= 0.6 is 11.6 Å². The van der Waals surface area contributed by atoms with Gasteiger partial charge in [-0.1, -0.05) is 30.7 Å². The normalized spacial score (nSPS) is 19.3. The quantitative estimate of drug-likeness (QED) is 0.249. The number of aliphatic hydroxyl groups excluding tert-OH is 1. The first-order chi connectivity index (χ1) is 23.3. The van der Waals surface area contributed by atoms with Crippen molar-refractivity contribution in [3.05, 3.63) is 74.4 Å². The number of fused-ring (bicyclic) bond motifs is 17. The molecule has 0 saturated heterocycles. The SMILES string of the molecule is Cc1ccc(C(=O)N2CCNC(=O)[C@@H](CC(C)C)NC(=O)[C@H]([C@@H](C)O)NC(=O)c3ccc(c(Cl)c3)OCCCn3cc(nn3)CC2)c(=O)[nH]1. The number of H-pyrrole nitrogens is 1. The number of ether oxygens (including phenoxy) is 1. The number of benzene rings is 1. The number of aromatic amines is 1. The Kier molecular flexibility index (Phi) is 12.9. The molecule has 49 heavy (non-hydrogen) atoms. The zero-order valence-corrected chi connectivity index (χ0v) is 28.7. The number of hydrogen-bond acceptors (Lipinski definition) is 9. The van der Waals surface area contributed by atoms with Crippen molar-refractivity contribution in [2.75, 3.05) is 26.2 Å². The van der Waals surface area contributed by atoms with Crippen LogP contribution < -0.4 is 26.2 Å². The van der Waals surface area contributed by atoms with Gasteiger partial charge < -0.3 is 35.7 Å². The molecule has 3 aromatic rings. The van der Waals surface area contributed by atoms with Crippen LogP contribution in [0.2, 0.25) is 5.02 Å². The Morgan fingerprint density at radius 1 is 1.06 bits per heavy atom. The highest BCUT2D eigenvalue weighted by molar-refractivity contribution is 6.32. The van der Waals surface area contributed by atoms with Crippen LogP contribution in [0.5, 0.6) is 5.75 Å². The number of hydrogen-bond donors (Lipinski definition) is 5. The number of pyridine rings is 1. The molecule has 5 N–H and O–H groups in total. The lowest BCUT2D eigenvalue weighted by atomic mass is 10.0. The highest BCUT2D eigenvalue weighted by Crippen LogP contribution is 2.26. The molecule has 0 aliphatic carbocycles. The van der Waals surface area contributed by atoms with Crippen molar-refractivity contribution in [2.24, 2.45) is 5.92 Å². The third-order valence-corrected chi connectivity index (χ3v) is 8.15. The van der Waals surface area contributed by atoms with E-state index < -0.39 is 47.4 Å². The van der Waals surface area contributed by atoms with Crippen molar-refractivity contribution in [1.82, 2.24) is 40.8 Å². The molecule has 3 atom stereocenters. The van der Waals surface area contributed by atoms with E-state index in [1.807, 2.05) is 13.8 Å². The molecule has 0 fully saturated rings. The van der Waals surface area contributed by atoms with E-state index in [0.717, 1.165) is 0 Å². The number of carbonyl (C=O) groups is 4. The van der Waals surface area contributed by atoms with E-state index in [2.05, 4.69) is 31.2 Å². The number of amides is 4. The second-order valence-electron chi connectivity index (χ2n) is 12.4. The number of aryl methyl sites for hydroxylation is 2. The summed E-state index contributed by atoms with van der Waals surface area (Å²) in [6, 6.07) is 5.15. The molecule has 0 radical (unpaired) electrons. The van der Waals surface area contributed by atoms with Gasteiger partial charge in [-0.2, -0.15) is 0 Å². The van der Waals surface area contributed by atoms with E-state index in [9.17, 15) is 29.1 Å². The average molecular weight is 699 g/mol. The van der Waals surface area contributed by atoms with E-state index in [1.165, 1.54) is 30.0 Å². The number of rotatable bonds is 4. The molecule has 0 saturated carbocycles. The monoisotopic (exact) mass is 698 g/mol. The first-order valence-corrected chi connectivity index (χ1v) is 16.6. The first-order valence-electron chi connectivity index (χ1n) is 16.2. The van der Waals surface area contributed by atoms with Crippen LogP contribution in [0.3, 0.4) is 0 Å². The smallest absolute Gasteiger partial charge is 0.260 e. The van der Waals surface area contributed by atoms with Gasteiger partial charge in [-0.05, 0) is 56.5 Å². The zero-order chi connectivity index (χ0) is 35.7. The Morgan fingerprint density at radius 2 is 1.84 bits per heavy atom. The predicted octanol–water partition coefficient (Wildman–Crippen LogP) is 1.22. The maximum absolute atomic E-state index is 13.5. The van der Waals surface area contributed by atoms with Crippen LogP contribution in [-0.4, -0.2) is 98.0 Å². The van der Waals surface area contributed by atoms with Crippen molar-refractivity contribution in [3.8, 4) is 5.75 Å². The highest BCUT2D eigenvalue weighted by atomic mass is 35.5. The average Bonchev–Trinajstić information content (AvgIpc) is 3.50. The number of aliphatic hydroxyl groups is 1. The van der Waals surface area contributed by atoms with Gasteiger partial charge in [0.05, 0.1) is 23.4 Å². The molecule has 4 heterocycles. The molecule has 2 aliphatic heterocycles. The van der Waals surface area contributed by atoms with Gasteiger partial charge in [-0.25, -0.2) is 0 Å². The summed E-state index contributed by atoms with van der Waals surface area (Å²) in [7, 11) is 0. The van der Waals surface area contributed by atoms with Gasteiger partial charge >= 0.3 is 0 Å². The van der Waals surface area contributed by atoms with Crippen molar-refractivity contribution in [2.45, 2.75) is 71.7 Å². The summed E-state index contributed by atoms with van der Waals surface area (Å²) in [6.07, 6.45) is 1.62. The second-order valence-corrected chi connectivity index (χ2v) is 12.8. The Labute approximate surface area is 288 Å². The molecule has 5 rings (SSSR count). The van der Waals surface area contributed by atoms with Gasteiger partial charge in [0, 0.05) is 56.5 Å². The maximum Gasteiger partial charge on any atom is 0.260 e. The number of carbonyl (C=O) groups excluding carboxylic acids is 4. The number of nitrogens with one attached hydrogen (secondary N) is 4. The molecule has 4 bridgehead atoms. The number of nitrogens with zero attached hydrogens (tertiary/aromatic N) is 4. The Morgan fingerprint density at radius 3 is 2.53 bits per heavy atom. The van der Waals surface area contributed by atoms with Crippen molar-refractivity contribution < 1.29 is 29.0 Å². The lowest BCUT2D eigenvalue weighted by Crippen LogP contribution is -2.57. The Hall–Kier alpha value is -4.76. The summed E-state index contributed by atoms with van der Waals surface area (Å²) in [5.41, 5.74) is 0.807. The predicted molar refractivity (Wildman–Crippen MR) is 180 cm³/mol. The van der Waals surface area contributed by atoms with Crippen LogP contribution in [0.1, 0.15) is 65.7 Å². The largest absolute Gasteiger partial charge is 0.492 e. The van der Waals surface area contributed by atoms with Crippen LogP contribution in [-0.2, 0) is 22.6 Å². The standard InChI is InChI=1S/C33H43ClN8O7/c1-19(2)16-26-31(46)35-11-14-41(33(48)24-8-6-20(3)36-30(24)45)13-10-23-18-42(40-39-23)12-5-15-49-27-9-7-22(17-25(27)34)29(44)38-28(21(4)43)32(47)37-26/h6-9,17-19,21,26,28,43H,5,10-16H2,1-4H3,(H,35,46)(H,36,45)(H,37,47)(H,38,44)/t21-,26-,28+/m1/s1. The molecule has 264 valence electrons. The zero-order valence-electron chi connectivity index (χ0n) is 28.0. The van der Waals surface area contributed by atoms with Crippen LogP contribution in [0.25, 0.3) is 0 Å². The van der Waals surface area contributed by atoms with E-state index in [0.29, 0.717) is 43.1 Å². The number of halogens is 1. The Bertz CT molecular complexity index is 1710. The summed E-state index contributed by atoms with van der Waals surface area (Å²) in [6.45, 7) is 7.85. The molecular weight excluding hydrogens is 656 g/mol. The maximum atomic E-state index is 13.5. The van der Waals surface area contributed by atoms with Crippen LogP contribution in [0.15, 0.2) is 41.3 Å². The van der Waals surface area contributed by atoms with Gasteiger partial charge in [0.15, 0.2) is 0 Å². The summed E-state index contributed by atoms with van der Waals surface area (Å²) < 4.78 is 7.46. The minimum atomic E-state index is -1.38. The fraction of sp³-hybridized carbons (Fsp3) is 0.485. The minimum Gasteiger partial charge on any atom is -0.492 e. The molecule has 2 aromatic heterocycles. The van der Waals surface area contributed by atoms with Crippen LogP contribution in [0, 0.1) is 12.8 Å². The topological polar surface area (TPSA) is 201 Å². The van der Waals surface area contributed by atoms with Gasteiger partial charge in [0.2, 0.25) is 11.8 Å². The summed E-state index contributed by atoms with van der Waals surface area (Å²) >= 11 is 6.39. The number of aromatic nitrogens is 4. The second kappa shape index (κ2) is 17.1. The molecule has 0 unspecified atom stereocenters. The molecule has 16 heteroatoms. The minimum absolute atomic E-state index is 0.00915. The lowest BCUT2D eigenvalue weighted by Gasteiger charge is -2.26. The molecular formula is C33H43ClN8O7. The molecule has 0 spiro atoms.